The first-order valence-corrected chi connectivity index (χ1v) is 5.46. The van der Waals surface area contributed by atoms with Crippen LogP contribution in [0.4, 0.5) is 0 Å². The van der Waals surface area contributed by atoms with Gasteiger partial charge in [0.15, 0.2) is 0 Å². The Balaban J connectivity index is 0.00000225. The zero-order valence-electron chi connectivity index (χ0n) is 10.4. The number of hydrogen-bond acceptors (Lipinski definition) is 2. The number of rotatable bonds is 6. The molecule has 0 unspecified atom stereocenters. The fourth-order valence-electron chi connectivity index (χ4n) is 1.63. The molecule has 0 saturated heterocycles. The average Bonchev–Trinajstić information content (AvgIpc) is 2.50. The maximum atomic E-state index is 8.75. The summed E-state index contributed by atoms with van der Waals surface area (Å²) in [5, 5.41) is 8.75. The number of hydrogen-bond donors (Lipinski definition) is 1. The summed E-state index contributed by atoms with van der Waals surface area (Å²) in [5.74, 6) is 1.28. The maximum Gasteiger partial charge on any atom is 0.253 e. The van der Waals surface area contributed by atoms with E-state index in [0.717, 1.165) is 26.1 Å². The molecule has 0 atom stereocenters. The van der Waals surface area contributed by atoms with Gasteiger partial charge in [0.05, 0.1) is 20.2 Å². The third kappa shape index (κ3) is 4.63. The largest absolute Gasteiger partial charge is 1.00 e. The van der Waals surface area contributed by atoms with Gasteiger partial charge in [-0.15, -0.1) is 0 Å². The molecule has 1 heterocycles. The molecule has 0 aliphatic heterocycles. The number of aliphatic hydroxyl groups is 1. The average molecular weight is 292 g/mol. The monoisotopic (exact) mass is 291 g/mol. The van der Waals surface area contributed by atoms with Crippen molar-refractivity contribution in [3.8, 4) is 0 Å². The summed E-state index contributed by atoms with van der Waals surface area (Å²) in [5.41, 5.74) is 0. The van der Waals surface area contributed by atoms with Gasteiger partial charge in [-0.2, -0.15) is 0 Å². The summed E-state index contributed by atoms with van der Waals surface area (Å²) in [6, 6.07) is 0. The minimum absolute atomic E-state index is 0. The molecule has 0 bridgehead atoms. The molecular weight excluding hydrogens is 270 g/mol. The molecule has 5 heteroatoms. The first-order chi connectivity index (χ1) is 7.15. The summed E-state index contributed by atoms with van der Waals surface area (Å²) in [6.45, 7) is 5.20. The van der Waals surface area contributed by atoms with Crippen LogP contribution in [-0.2, 0) is 13.6 Å². The second-order valence-electron chi connectivity index (χ2n) is 4.03. The molecule has 0 saturated carbocycles. The van der Waals surface area contributed by atoms with Crippen LogP contribution < -0.4 is 21.5 Å². The van der Waals surface area contributed by atoms with E-state index in [0.29, 0.717) is 0 Å². The molecule has 1 aromatic heterocycles. The van der Waals surface area contributed by atoms with Crippen molar-refractivity contribution in [1.82, 2.24) is 9.47 Å². The van der Waals surface area contributed by atoms with Crippen molar-refractivity contribution in [2.45, 2.75) is 19.9 Å². The van der Waals surface area contributed by atoms with Gasteiger partial charge in [0.2, 0.25) is 0 Å². The molecule has 16 heavy (non-hydrogen) atoms. The summed E-state index contributed by atoms with van der Waals surface area (Å²) in [4.78, 5) is 2.15. The summed E-state index contributed by atoms with van der Waals surface area (Å²) in [6.07, 6.45) is 5.31. The van der Waals surface area contributed by atoms with Crippen molar-refractivity contribution in [2.24, 2.45) is 7.05 Å². The Morgan fingerprint density at radius 1 is 1.44 bits per heavy atom. The van der Waals surface area contributed by atoms with Gasteiger partial charge in [-0.1, -0.05) is 0 Å². The number of aromatic nitrogens is 2. The van der Waals surface area contributed by atoms with Crippen molar-refractivity contribution >= 4 is 0 Å². The topological polar surface area (TPSA) is 32.3 Å². The van der Waals surface area contributed by atoms with Crippen LogP contribution in [0, 0.1) is 6.92 Å². The fourth-order valence-corrected chi connectivity index (χ4v) is 1.63. The number of nitrogens with zero attached hydrogens (tertiary/aromatic N) is 3. The second-order valence-corrected chi connectivity index (χ2v) is 4.03. The number of aliphatic hydroxyl groups excluding tert-OH is 1. The molecule has 0 radical (unpaired) electrons. The molecule has 0 aromatic carbocycles. The van der Waals surface area contributed by atoms with E-state index in [4.69, 9.17) is 5.11 Å². The molecule has 1 rings (SSSR count). The van der Waals surface area contributed by atoms with Gasteiger partial charge in [0.1, 0.15) is 12.4 Å². The Hall–Kier alpha value is -0.390. The van der Waals surface area contributed by atoms with Crippen LogP contribution in [0.15, 0.2) is 12.4 Å². The summed E-state index contributed by atoms with van der Waals surface area (Å²) < 4.78 is 4.38. The molecule has 0 fully saturated rings. The van der Waals surface area contributed by atoms with E-state index in [1.807, 2.05) is 7.05 Å². The van der Waals surface area contributed by atoms with Crippen LogP contribution in [0.2, 0.25) is 0 Å². The number of aryl methyl sites for hydroxylation is 2. The highest BCUT2D eigenvalue weighted by atomic mass is 79.9. The van der Waals surface area contributed by atoms with Crippen molar-refractivity contribution in [2.75, 3.05) is 26.7 Å². The first kappa shape index (κ1) is 15.6. The summed E-state index contributed by atoms with van der Waals surface area (Å²) in [7, 11) is 4.10. The van der Waals surface area contributed by atoms with Crippen molar-refractivity contribution < 1.29 is 26.7 Å². The third-order valence-electron chi connectivity index (χ3n) is 2.82. The molecule has 0 spiro atoms. The Morgan fingerprint density at radius 3 is 2.62 bits per heavy atom. The molecule has 0 aliphatic carbocycles. The van der Waals surface area contributed by atoms with E-state index in [9.17, 15) is 0 Å². The third-order valence-corrected chi connectivity index (χ3v) is 2.82. The first-order valence-electron chi connectivity index (χ1n) is 5.46. The quantitative estimate of drug-likeness (QED) is 0.565. The van der Waals surface area contributed by atoms with Crippen molar-refractivity contribution in [1.29, 1.82) is 0 Å². The SMILES string of the molecule is Cc1n(CCCN(C)CCO)cc[n+]1C.[Br-]. The van der Waals surface area contributed by atoms with Crippen LogP contribution in [-0.4, -0.2) is 41.3 Å². The van der Waals surface area contributed by atoms with Gasteiger partial charge in [-0.3, -0.25) is 0 Å². The van der Waals surface area contributed by atoms with Gasteiger partial charge >= 0.3 is 0 Å². The zero-order valence-corrected chi connectivity index (χ0v) is 11.9. The standard InChI is InChI=1S/C11H22N3O.BrH/c1-11-13(3)7-8-14(11)6-4-5-12(2)9-10-15;/h7-8,15H,4-6,9-10H2,1-3H3;1H/q+1;/p-1. The Labute approximate surface area is 108 Å². The molecule has 4 nitrogen and oxygen atoms in total. The van der Waals surface area contributed by atoms with Crippen LogP contribution in [0.25, 0.3) is 0 Å². The highest BCUT2D eigenvalue weighted by Gasteiger charge is 2.08. The van der Waals surface area contributed by atoms with Crippen molar-refractivity contribution in [3.05, 3.63) is 18.2 Å². The van der Waals surface area contributed by atoms with E-state index in [-0.39, 0.29) is 23.6 Å². The highest BCUT2D eigenvalue weighted by molar-refractivity contribution is 4.79. The van der Waals surface area contributed by atoms with E-state index in [2.05, 4.69) is 40.4 Å². The van der Waals surface area contributed by atoms with Crippen LogP contribution in [0.1, 0.15) is 12.2 Å². The zero-order chi connectivity index (χ0) is 11.3. The molecule has 94 valence electrons. The molecule has 0 amide bonds. The molecule has 0 aliphatic rings. The van der Waals surface area contributed by atoms with Gasteiger partial charge in [0.25, 0.3) is 5.82 Å². The Bertz CT molecular complexity index is 301. The van der Waals surface area contributed by atoms with E-state index in [1.165, 1.54) is 5.82 Å². The molecule has 1 aromatic rings. The lowest BCUT2D eigenvalue weighted by Crippen LogP contribution is -3.00. The van der Waals surface area contributed by atoms with E-state index >= 15 is 0 Å². The van der Waals surface area contributed by atoms with Gasteiger partial charge in [-0.25, -0.2) is 9.13 Å². The minimum atomic E-state index is 0. The van der Waals surface area contributed by atoms with Crippen LogP contribution in [0.3, 0.4) is 0 Å². The van der Waals surface area contributed by atoms with Crippen LogP contribution >= 0.6 is 0 Å². The molecular formula is C11H22BrN3O. The second kappa shape index (κ2) is 7.81. The van der Waals surface area contributed by atoms with E-state index in [1.54, 1.807) is 0 Å². The number of halogens is 1. The lowest BCUT2D eigenvalue weighted by molar-refractivity contribution is -0.677. The number of imidazole rings is 1. The van der Waals surface area contributed by atoms with Gasteiger partial charge < -0.3 is 27.0 Å². The van der Waals surface area contributed by atoms with Crippen molar-refractivity contribution in [3.63, 3.8) is 0 Å². The minimum Gasteiger partial charge on any atom is -1.00 e. The smallest absolute Gasteiger partial charge is 0.253 e. The number of likely N-dealkylation sites (N-methyl/N-ethyl adjacent to an activating group) is 1. The van der Waals surface area contributed by atoms with Gasteiger partial charge in [-0.05, 0) is 13.5 Å². The van der Waals surface area contributed by atoms with Gasteiger partial charge in [0, 0.05) is 20.0 Å². The lowest BCUT2D eigenvalue weighted by Gasteiger charge is -2.13. The maximum absolute atomic E-state index is 8.75. The predicted molar refractivity (Wildman–Crippen MR) is 59.5 cm³/mol. The Morgan fingerprint density at radius 2 is 2.12 bits per heavy atom. The predicted octanol–water partition coefficient (Wildman–Crippen LogP) is -3.06. The highest BCUT2D eigenvalue weighted by Crippen LogP contribution is 1.96. The Kier molecular flexibility index (Phi) is 7.62. The fraction of sp³-hybridized carbons (Fsp3) is 0.727. The normalized spacial score (nSPS) is 10.6. The van der Waals surface area contributed by atoms with E-state index < -0.39 is 0 Å². The summed E-state index contributed by atoms with van der Waals surface area (Å²) >= 11 is 0. The lowest BCUT2D eigenvalue weighted by atomic mass is 10.4. The van der Waals surface area contributed by atoms with Crippen LogP contribution in [0.5, 0.6) is 0 Å². The molecule has 1 N–H and O–H groups in total.